The molecule has 0 aliphatic carbocycles. The minimum atomic E-state index is -0.374. The Hall–Kier alpha value is -1.50. The molecule has 2 heterocycles. The molecule has 1 aliphatic rings. The van der Waals surface area contributed by atoms with E-state index >= 15 is 0 Å². The number of nitrogens with one attached hydrogen (secondary N) is 1. The van der Waals surface area contributed by atoms with E-state index in [1.165, 1.54) is 0 Å². The van der Waals surface area contributed by atoms with Gasteiger partial charge in [0.25, 0.3) is 11.7 Å². The average Bonchev–Trinajstić information content (AvgIpc) is 2.63. The summed E-state index contributed by atoms with van der Waals surface area (Å²) in [5, 5.41) is 13.1. The number of carbonyl (C=O) groups excluding carboxylic acids is 1. The molecule has 1 fully saturated rings. The van der Waals surface area contributed by atoms with E-state index in [1.807, 2.05) is 27.7 Å². The monoisotopic (exact) mass is 239 g/mol. The lowest BCUT2D eigenvalue weighted by Gasteiger charge is -2.46. The molecular formula is C10H17N5O2. The molecule has 1 N–H and O–H groups in total. The molecule has 7 nitrogen and oxygen atoms in total. The molecule has 0 atom stereocenters. The Morgan fingerprint density at radius 2 is 1.88 bits per heavy atom. The van der Waals surface area contributed by atoms with Crippen LogP contribution in [0, 0.1) is 0 Å². The van der Waals surface area contributed by atoms with Crippen LogP contribution in [0.15, 0.2) is 0 Å². The van der Waals surface area contributed by atoms with E-state index in [4.69, 9.17) is 4.74 Å². The van der Waals surface area contributed by atoms with Gasteiger partial charge in [-0.15, -0.1) is 10.2 Å². The number of rotatable bonds is 1. The zero-order valence-electron chi connectivity index (χ0n) is 10.5. The first-order valence-corrected chi connectivity index (χ1v) is 5.52. The van der Waals surface area contributed by atoms with Crippen molar-refractivity contribution in [3.63, 3.8) is 0 Å². The van der Waals surface area contributed by atoms with Crippen molar-refractivity contribution in [1.29, 1.82) is 0 Å². The summed E-state index contributed by atoms with van der Waals surface area (Å²) in [5.74, 6) is -0.123. The summed E-state index contributed by atoms with van der Waals surface area (Å²) in [6, 6.07) is 0. The first kappa shape index (κ1) is 12.0. The minimum Gasteiger partial charge on any atom is -0.366 e. The molecule has 1 aliphatic heterocycles. The normalized spacial score (nSPS) is 22.5. The Morgan fingerprint density at radius 1 is 1.29 bits per heavy atom. The number of hydrogen-bond donors (Lipinski definition) is 1. The lowest BCUT2D eigenvalue weighted by Crippen LogP contribution is -2.58. The highest BCUT2D eigenvalue weighted by atomic mass is 16.5. The Balaban J connectivity index is 2.19. The van der Waals surface area contributed by atoms with E-state index in [-0.39, 0.29) is 22.9 Å². The topological polar surface area (TPSA) is 84.0 Å². The number of aromatic amines is 1. The number of nitrogens with zero attached hydrogens (tertiary/aromatic N) is 4. The van der Waals surface area contributed by atoms with Gasteiger partial charge >= 0.3 is 0 Å². The average molecular weight is 239 g/mol. The second-order valence-corrected chi connectivity index (χ2v) is 5.52. The fourth-order valence-electron chi connectivity index (χ4n) is 2.33. The van der Waals surface area contributed by atoms with Crippen LogP contribution in [0.25, 0.3) is 0 Å². The molecule has 0 bridgehead atoms. The van der Waals surface area contributed by atoms with Crippen LogP contribution < -0.4 is 0 Å². The molecule has 1 amide bonds. The molecule has 0 spiro atoms. The maximum atomic E-state index is 12.1. The molecule has 17 heavy (non-hydrogen) atoms. The SMILES string of the molecule is CC1(C)CN(C(=O)c2nn[nH]n2)CC(C)(C)O1. The molecular weight excluding hydrogens is 222 g/mol. The number of tetrazole rings is 1. The predicted molar refractivity (Wildman–Crippen MR) is 59.3 cm³/mol. The Morgan fingerprint density at radius 3 is 2.35 bits per heavy atom. The van der Waals surface area contributed by atoms with Crippen molar-refractivity contribution in [3.8, 4) is 0 Å². The van der Waals surface area contributed by atoms with Crippen LogP contribution in [0.1, 0.15) is 38.3 Å². The van der Waals surface area contributed by atoms with Gasteiger partial charge in [-0.1, -0.05) is 0 Å². The van der Waals surface area contributed by atoms with Crippen LogP contribution in [0.5, 0.6) is 0 Å². The number of morpholine rings is 1. The summed E-state index contributed by atoms with van der Waals surface area (Å²) in [6.45, 7) is 8.89. The van der Waals surface area contributed by atoms with Crippen molar-refractivity contribution in [1.82, 2.24) is 25.5 Å². The van der Waals surface area contributed by atoms with Gasteiger partial charge in [-0.3, -0.25) is 4.79 Å². The zero-order chi connectivity index (χ0) is 12.7. The second kappa shape index (κ2) is 3.76. The highest BCUT2D eigenvalue weighted by molar-refractivity contribution is 5.90. The van der Waals surface area contributed by atoms with Crippen molar-refractivity contribution in [2.45, 2.75) is 38.9 Å². The summed E-state index contributed by atoms with van der Waals surface area (Å²) < 4.78 is 5.90. The number of hydrogen-bond acceptors (Lipinski definition) is 5. The van der Waals surface area contributed by atoms with Gasteiger partial charge in [-0.2, -0.15) is 5.21 Å². The number of aromatic nitrogens is 4. The van der Waals surface area contributed by atoms with Crippen molar-refractivity contribution in [3.05, 3.63) is 5.82 Å². The van der Waals surface area contributed by atoms with E-state index in [2.05, 4.69) is 20.6 Å². The standard InChI is InChI=1S/C10H17N5O2/c1-9(2)5-15(6-10(3,4)17-9)8(16)7-11-13-14-12-7/h5-6H2,1-4H3,(H,11,12,13,14). The van der Waals surface area contributed by atoms with Crippen LogP contribution in [-0.4, -0.2) is 55.7 Å². The van der Waals surface area contributed by atoms with Gasteiger partial charge < -0.3 is 9.64 Å². The van der Waals surface area contributed by atoms with Gasteiger partial charge in [-0.05, 0) is 32.9 Å². The fraction of sp³-hybridized carbons (Fsp3) is 0.800. The molecule has 0 unspecified atom stereocenters. The third kappa shape index (κ3) is 2.60. The van der Waals surface area contributed by atoms with Crippen LogP contribution >= 0.6 is 0 Å². The predicted octanol–water partition coefficient (Wildman–Crippen LogP) is 0.229. The fourth-order valence-corrected chi connectivity index (χ4v) is 2.33. The van der Waals surface area contributed by atoms with Crippen LogP contribution in [0.2, 0.25) is 0 Å². The van der Waals surface area contributed by atoms with Crippen molar-refractivity contribution >= 4 is 5.91 Å². The Bertz CT molecular complexity index is 396. The highest BCUT2D eigenvalue weighted by Crippen LogP contribution is 2.28. The first-order valence-electron chi connectivity index (χ1n) is 5.52. The molecule has 1 saturated heterocycles. The van der Waals surface area contributed by atoms with E-state index in [9.17, 15) is 4.79 Å². The van der Waals surface area contributed by atoms with Gasteiger partial charge in [-0.25, -0.2) is 0 Å². The lowest BCUT2D eigenvalue weighted by molar-refractivity contribution is -0.171. The molecule has 1 aromatic heterocycles. The van der Waals surface area contributed by atoms with Crippen molar-refractivity contribution in [2.75, 3.05) is 13.1 Å². The van der Waals surface area contributed by atoms with Gasteiger partial charge in [0.1, 0.15) is 0 Å². The third-order valence-corrected chi connectivity index (χ3v) is 2.52. The maximum Gasteiger partial charge on any atom is 0.295 e. The molecule has 2 rings (SSSR count). The van der Waals surface area contributed by atoms with Crippen LogP contribution in [0.3, 0.4) is 0 Å². The van der Waals surface area contributed by atoms with Gasteiger partial charge in [0.15, 0.2) is 0 Å². The van der Waals surface area contributed by atoms with Gasteiger partial charge in [0.05, 0.1) is 11.2 Å². The number of ether oxygens (including phenoxy) is 1. The third-order valence-electron chi connectivity index (χ3n) is 2.52. The highest BCUT2D eigenvalue weighted by Gasteiger charge is 2.40. The molecule has 0 aromatic carbocycles. The van der Waals surface area contributed by atoms with Crippen molar-refractivity contribution in [2.24, 2.45) is 0 Å². The quantitative estimate of drug-likeness (QED) is 0.758. The largest absolute Gasteiger partial charge is 0.366 e. The number of amides is 1. The van der Waals surface area contributed by atoms with Gasteiger partial charge in [0, 0.05) is 13.1 Å². The smallest absolute Gasteiger partial charge is 0.295 e. The number of carbonyl (C=O) groups is 1. The first-order chi connectivity index (χ1) is 7.79. The summed E-state index contributed by atoms with van der Waals surface area (Å²) >= 11 is 0. The maximum absolute atomic E-state index is 12.1. The molecule has 7 heteroatoms. The molecule has 0 radical (unpaired) electrons. The van der Waals surface area contributed by atoms with E-state index in [0.29, 0.717) is 13.1 Å². The van der Waals surface area contributed by atoms with Crippen LogP contribution in [0.4, 0.5) is 0 Å². The summed E-state index contributed by atoms with van der Waals surface area (Å²) in [4.78, 5) is 13.8. The molecule has 0 saturated carbocycles. The summed E-state index contributed by atoms with van der Waals surface area (Å²) in [5.41, 5.74) is -0.748. The molecule has 1 aromatic rings. The zero-order valence-corrected chi connectivity index (χ0v) is 10.5. The summed E-state index contributed by atoms with van der Waals surface area (Å²) in [6.07, 6.45) is 0. The lowest BCUT2D eigenvalue weighted by atomic mass is 9.99. The van der Waals surface area contributed by atoms with Crippen LogP contribution in [-0.2, 0) is 4.74 Å². The van der Waals surface area contributed by atoms with E-state index in [1.54, 1.807) is 4.90 Å². The minimum absolute atomic E-state index is 0.0958. The second-order valence-electron chi connectivity index (χ2n) is 5.52. The van der Waals surface area contributed by atoms with Gasteiger partial charge in [0.2, 0.25) is 0 Å². The number of H-pyrrole nitrogens is 1. The Labute approximate surface area is 99.5 Å². The van der Waals surface area contributed by atoms with E-state index in [0.717, 1.165) is 0 Å². The van der Waals surface area contributed by atoms with E-state index < -0.39 is 0 Å². The van der Waals surface area contributed by atoms with Crippen molar-refractivity contribution < 1.29 is 9.53 Å². The Kier molecular flexibility index (Phi) is 2.65. The molecule has 94 valence electrons. The summed E-state index contributed by atoms with van der Waals surface area (Å²) in [7, 11) is 0.